The fourth-order valence-corrected chi connectivity index (χ4v) is 1.81. The number of hydrogen-bond donors (Lipinski definition) is 1. The van der Waals surface area contributed by atoms with Crippen LogP contribution in [0, 0.1) is 0 Å². The topological polar surface area (TPSA) is 93.1 Å². The molecule has 0 aromatic carbocycles. The van der Waals surface area contributed by atoms with Crippen molar-refractivity contribution in [3.63, 3.8) is 0 Å². The van der Waals surface area contributed by atoms with Gasteiger partial charge in [-0.3, -0.25) is 0 Å². The molecule has 0 atom stereocenters. The number of imidazole rings is 1. The maximum absolute atomic E-state index is 4.35. The molecular formula is C12H7N7. The van der Waals surface area contributed by atoms with E-state index in [-0.39, 0.29) is 0 Å². The van der Waals surface area contributed by atoms with Crippen LogP contribution < -0.4 is 0 Å². The van der Waals surface area contributed by atoms with E-state index in [9.17, 15) is 0 Å². The van der Waals surface area contributed by atoms with Gasteiger partial charge in [-0.05, 0) is 12.1 Å². The van der Waals surface area contributed by atoms with E-state index in [0.717, 1.165) is 10.9 Å². The van der Waals surface area contributed by atoms with Crippen molar-refractivity contribution in [2.24, 2.45) is 0 Å². The van der Waals surface area contributed by atoms with Gasteiger partial charge < -0.3 is 4.98 Å². The molecule has 0 unspecified atom stereocenters. The van der Waals surface area contributed by atoms with Gasteiger partial charge in [-0.15, -0.1) is 0 Å². The first-order valence-electron chi connectivity index (χ1n) is 5.64. The van der Waals surface area contributed by atoms with E-state index in [0.29, 0.717) is 22.9 Å². The highest BCUT2D eigenvalue weighted by atomic mass is 15.1. The Morgan fingerprint density at radius 1 is 0.842 bits per heavy atom. The molecule has 0 spiro atoms. The molecule has 19 heavy (non-hydrogen) atoms. The predicted molar refractivity (Wildman–Crippen MR) is 68.0 cm³/mol. The van der Waals surface area contributed by atoms with Crippen LogP contribution in [-0.2, 0) is 0 Å². The first-order chi connectivity index (χ1) is 9.40. The van der Waals surface area contributed by atoms with Crippen molar-refractivity contribution >= 4 is 22.2 Å². The summed E-state index contributed by atoms with van der Waals surface area (Å²) in [5.41, 5.74) is 2.00. The van der Waals surface area contributed by atoms with Gasteiger partial charge in [-0.2, -0.15) is 0 Å². The van der Waals surface area contributed by atoms with Crippen molar-refractivity contribution < 1.29 is 0 Å². The van der Waals surface area contributed by atoms with Crippen LogP contribution in [0.2, 0.25) is 0 Å². The number of nitrogens with one attached hydrogen (secondary N) is 1. The normalized spacial score (nSPS) is 11.2. The summed E-state index contributed by atoms with van der Waals surface area (Å²) in [7, 11) is 0. The zero-order valence-electron chi connectivity index (χ0n) is 9.65. The molecule has 7 nitrogen and oxygen atoms in total. The Morgan fingerprint density at radius 3 is 2.63 bits per heavy atom. The third-order valence-electron chi connectivity index (χ3n) is 2.73. The van der Waals surface area contributed by atoms with Gasteiger partial charge in [0, 0.05) is 17.8 Å². The first-order valence-corrected chi connectivity index (χ1v) is 5.64. The first kappa shape index (κ1) is 10.0. The summed E-state index contributed by atoms with van der Waals surface area (Å²) in [5.74, 6) is 0.878. The van der Waals surface area contributed by atoms with E-state index in [1.807, 2.05) is 12.1 Å². The lowest BCUT2D eigenvalue weighted by atomic mass is 10.3. The molecular weight excluding hydrogens is 242 g/mol. The highest BCUT2D eigenvalue weighted by Crippen LogP contribution is 2.15. The van der Waals surface area contributed by atoms with Crippen molar-refractivity contribution in [3.05, 3.63) is 37.1 Å². The van der Waals surface area contributed by atoms with Crippen LogP contribution in [0.4, 0.5) is 0 Å². The summed E-state index contributed by atoms with van der Waals surface area (Å²) >= 11 is 0. The monoisotopic (exact) mass is 249 g/mol. The van der Waals surface area contributed by atoms with Crippen molar-refractivity contribution in [3.8, 4) is 11.6 Å². The van der Waals surface area contributed by atoms with E-state index in [1.165, 1.54) is 0 Å². The minimum atomic E-state index is 0.437. The Morgan fingerprint density at radius 2 is 1.68 bits per heavy atom. The molecule has 0 fully saturated rings. The van der Waals surface area contributed by atoms with E-state index in [2.05, 4.69) is 34.9 Å². The second-order valence-electron chi connectivity index (χ2n) is 3.94. The second-order valence-corrected chi connectivity index (χ2v) is 3.94. The maximum atomic E-state index is 4.35. The fraction of sp³-hybridized carbons (Fsp3) is 0. The van der Waals surface area contributed by atoms with Crippen LogP contribution in [0.25, 0.3) is 33.8 Å². The Kier molecular flexibility index (Phi) is 1.99. The quantitative estimate of drug-likeness (QED) is 0.547. The summed E-state index contributed by atoms with van der Waals surface area (Å²) in [5, 5.41) is 0.882. The summed E-state index contributed by atoms with van der Waals surface area (Å²) in [6.45, 7) is 0. The van der Waals surface area contributed by atoms with E-state index in [4.69, 9.17) is 0 Å². The van der Waals surface area contributed by atoms with E-state index < -0.39 is 0 Å². The van der Waals surface area contributed by atoms with Crippen molar-refractivity contribution in [2.75, 3.05) is 0 Å². The molecule has 4 aromatic rings. The van der Waals surface area contributed by atoms with Gasteiger partial charge >= 0.3 is 0 Å². The molecule has 0 aliphatic rings. The van der Waals surface area contributed by atoms with Gasteiger partial charge in [-0.1, -0.05) is 0 Å². The molecule has 0 bridgehead atoms. The third kappa shape index (κ3) is 1.60. The summed E-state index contributed by atoms with van der Waals surface area (Å²) in [6.07, 6.45) is 6.64. The van der Waals surface area contributed by atoms with E-state index in [1.54, 1.807) is 24.9 Å². The van der Waals surface area contributed by atoms with E-state index >= 15 is 0 Å². The smallest absolute Gasteiger partial charge is 0.199 e. The fourth-order valence-electron chi connectivity index (χ4n) is 1.81. The number of hydrogen-bond acceptors (Lipinski definition) is 6. The van der Waals surface area contributed by atoms with Gasteiger partial charge in [0.1, 0.15) is 5.52 Å². The van der Waals surface area contributed by atoms with Crippen LogP contribution >= 0.6 is 0 Å². The molecule has 0 aliphatic heterocycles. The number of nitrogens with zero attached hydrogens (tertiary/aromatic N) is 6. The molecule has 0 saturated carbocycles. The molecule has 0 aliphatic carbocycles. The highest BCUT2D eigenvalue weighted by molar-refractivity contribution is 5.75. The summed E-state index contributed by atoms with van der Waals surface area (Å²) in [6, 6.07) is 3.75. The molecule has 0 saturated heterocycles. The van der Waals surface area contributed by atoms with Crippen molar-refractivity contribution in [2.45, 2.75) is 0 Å². The minimum Gasteiger partial charge on any atom is -0.342 e. The predicted octanol–water partition coefficient (Wildman–Crippen LogP) is 1.36. The summed E-state index contributed by atoms with van der Waals surface area (Å²) in [4.78, 5) is 28.4. The van der Waals surface area contributed by atoms with Crippen LogP contribution in [0.15, 0.2) is 37.1 Å². The Balaban J connectivity index is 1.92. The lowest BCUT2D eigenvalue weighted by Gasteiger charge is -1.99. The molecule has 4 aromatic heterocycles. The third-order valence-corrected chi connectivity index (χ3v) is 2.73. The zero-order valence-corrected chi connectivity index (χ0v) is 9.65. The molecule has 0 radical (unpaired) electrons. The average molecular weight is 249 g/mol. The average Bonchev–Trinajstić information content (AvgIpc) is 2.94. The number of rotatable bonds is 1. The number of fused-ring (bicyclic) bond motifs is 2. The Bertz CT molecular complexity index is 883. The highest BCUT2D eigenvalue weighted by Gasteiger charge is 2.08. The Hall–Kier alpha value is -2.96. The number of H-pyrrole nitrogens is 1. The van der Waals surface area contributed by atoms with Gasteiger partial charge in [0.15, 0.2) is 22.9 Å². The number of pyridine rings is 1. The van der Waals surface area contributed by atoms with Gasteiger partial charge in [-0.25, -0.2) is 29.9 Å². The van der Waals surface area contributed by atoms with Crippen molar-refractivity contribution in [1.29, 1.82) is 0 Å². The molecule has 0 amide bonds. The largest absolute Gasteiger partial charge is 0.342 e. The SMILES string of the molecule is c1cnc2nc(-c3ncc4[nH]cnc4n3)ncc2c1. The number of aromatic amines is 1. The Labute approximate surface area is 106 Å². The van der Waals surface area contributed by atoms with Crippen LogP contribution in [-0.4, -0.2) is 34.9 Å². The lowest BCUT2D eigenvalue weighted by molar-refractivity contribution is 1.10. The minimum absolute atomic E-state index is 0.437. The summed E-state index contributed by atoms with van der Waals surface area (Å²) < 4.78 is 0. The molecule has 4 rings (SSSR count). The van der Waals surface area contributed by atoms with Crippen LogP contribution in [0.5, 0.6) is 0 Å². The number of aromatic nitrogens is 7. The maximum Gasteiger partial charge on any atom is 0.199 e. The standard InChI is InChI=1S/C12H7N7/c1-2-7-4-14-11(18-9(7)13-3-1)12-15-5-8-10(19-12)17-6-16-8/h1-6H,(H,15,16,17,19). The second kappa shape index (κ2) is 3.77. The molecule has 1 N–H and O–H groups in total. The molecule has 7 heteroatoms. The lowest BCUT2D eigenvalue weighted by Crippen LogP contribution is -1.96. The zero-order chi connectivity index (χ0) is 12.7. The molecule has 4 heterocycles. The van der Waals surface area contributed by atoms with Gasteiger partial charge in [0.2, 0.25) is 0 Å². The van der Waals surface area contributed by atoms with Crippen molar-refractivity contribution in [1.82, 2.24) is 34.9 Å². The van der Waals surface area contributed by atoms with Gasteiger partial charge in [0.05, 0.1) is 12.5 Å². The molecule has 90 valence electrons. The van der Waals surface area contributed by atoms with Crippen LogP contribution in [0.3, 0.4) is 0 Å². The van der Waals surface area contributed by atoms with Crippen LogP contribution in [0.1, 0.15) is 0 Å². The van der Waals surface area contributed by atoms with Gasteiger partial charge in [0.25, 0.3) is 0 Å².